The Morgan fingerprint density at radius 3 is 2.87 bits per heavy atom. The van der Waals surface area contributed by atoms with Gasteiger partial charge in [0.05, 0.1) is 18.2 Å². The fourth-order valence-electron chi connectivity index (χ4n) is 1.25. The fourth-order valence-corrected chi connectivity index (χ4v) is 1.25. The van der Waals surface area contributed by atoms with Crippen LogP contribution in [0.1, 0.15) is 20.3 Å². The second-order valence-electron chi connectivity index (χ2n) is 4.35. The number of hydrogen-bond donors (Lipinski definition) is 2. The molecular weight excluding hydrogens is 196 g/mol. The molecule has 0 spiro atoms. The van der Waals surface area contributed by atoms with Crippen molar-refractivity contribution < 1.29 is 14.3 Å². The molecule has 1 rings (SSSR count). The van der Waals surface area contributed by atoms with Gasteiger partial charge in [-0.05, 0) is 20.3 Å². The van der Waals surface area contributed by atoms with Crippen LogP contribution < -0.4 is 10.6 Å². The average molecular weight is 216 g/mol. The highest BCUT2D eigenvalue weighted by molar-refractivity contribution is 5.74. The molecule has 0 aromatic carbocycles. The van der Waals surface area contributed by atoms with E-state index in [0.717, 1.165) is 13.0 Å². The van der Waals surface area contributed by atoms with E-state index in [4.69, 9.17) is 9.47 Å². The molecule has 1 atom stereocenters. The van der Waals surface area contributed by atoms with E-state index in [-0.39, 0.29) is 17.7 Å². The molecular formula is C10H20N2O3. The lowest BCUT2D eigenvalue weighted by atomic mass is 10.1. The summed E-state index contributed by atoms with van der Waals surface area (Å²) in [7, 11) is 1.63. The molecule has 1 aliphatic rings. The van der Waals surface area contributed by atoms with Gasteiger partial charge in [-0.1, -0.05) is 0 Å². The van der Waals surface area contributed by atoms with Crippen LogP contribution in [-0.2, 0) is 9.47 Å². The molecule has 1 heterocycles. The van der Waals surface area contributed by atoms with Gasteiger partial charge in [0.2, 0.25) is 0 Å². The number of carbonyl (C=O) groups is 1. The van der Waals surface area contributed by atoms with E-state index in [1.165, 1.54) is 0 Å². The van der Waals surface area contributed by atoms with Gasteiger partial charge in [-0.3, -0.25) is 0 Å². The first-order valence-electron chi connectivity index (χ1n) is 5.21. The molecule has 88 valence electrons. The van der Waals surface area contributed by atoms with E-state index in [2.05, 4.69) is 10.6 Å². The van der Waals surface area contributed by atoms with Crippen molar-refractivity contribution in [2.75, 3.05) is 26.9 Å². The molecule has 0 aromatic rings. The van der Waals surface area contributed by atoms with Crippen molar-refractivity contribution in [3.63, 3.8) is 0 Å². The van der Waals surface area contributed by atoms with Crippen molar-refractivity contribution >= 4 is 6.03 Å². The summed E-state index contributed by atoms with van der Waals surface area (Å²) in [5, 5.41) is 5.62. The van der Waals surface area contributed by atoms with Gasteiger partial charge in [-0.25, -0.2) is 4.79 Å². The lowest BCUT2D eigenvalue weighted by Gasteiger charge is -2.23. The highest BCUT2D eigenvalue weighted by Crippen LogP contribution is 2.05. The Morgan fingerprint density at radius 2 is 2.33 bits per heavy atom. The van der Waals surface area contributed by atoms with Gasteiger partial charge in [-0.15, -0.1) is 0 Å². The zero-order valence-electron chi connectivity index (χ0n) is 9.63. The summed E-state index contributed by atoms with van der Waals surface area (Å²) in [5.41, 5.74) is -0.330. The topological polar surface area (TPSA) is 59.6 Å². The molecule has 0 bridgehead atoms. The molecule has 0 aromatic heterocycles. The number of amides is 2. The molecule has 0 radical (unpaired) electrons. The summed E-state index contributed by atoms with van der Waals surface area (Å²) in [6.45, 7) is 5.68. The molecule has 2 N–H and O–H groups in total. The summed E-state index contributed by atoms with van der Waals surface area (Å²) >= 11 is 0. The smallest absolute Gasteiger partial charge is 0.315 e. The van der Waals surface area contributed by atoms with Gasteiger partial charge in [0.25, 0.3) is 0 Å². The third kappa shape index (κ3) is 4.48. The SMILES string of the molecule is COC(C)(C)CNC(=O)NC1CCOC1. The summed E-state index contributed by atoms with van der Waals surface area (Å²) in [5.74, 6) is 0. The minimum Gasteiger partial charge on any atom is -0.379 e. The Balaban J connectivity index is 2.18. The maximum Gasteiger partial charge on any atom is 0.315 e. The Morgan fingerprint density at radius 1 is 1.60 bits per heavy atom. The van der Waals surface area contributed by atoms with E-state index in [9.17, 15) is 4.79 Å². The average Bonchev–Trinajstić information content (AvgIpc) is 2.68. The van der Waals surface area contributed by atoms with Crippen molar-refractivity contribution in [3.8, 4) is 0 Å². The number of methoxy groups -OCH3 is 1. The van der Waals surface area contributed by atoms with E-state index in [1.807, 2.05) is 13.8 Å². The largest absolute Gasteiger partial charge is 0.379 e. The predicted octanol–water partition coefficient (Wildman–Crippen LogP) is 0.500. The van der Waals surface area contributed by atoms with Crippen LogP contribution in [0.2, 0.25) is 0 Å². The van der Waals surface area contributed by atoms with Crippen LogP contribution >= 0.6 is 0 Å². The zero-order valence-corrected chi connectivity index (χ0v) is 9.63. The highest BCUT2D eigenvalue weighted by Gasteiger charge is 2.20. The van der Waals surface area contributed by atoms with Gasteiger partial charge in [0.15, 0.2) is 0 Å². The van der Waals surface area contributed by atoms with Crippen molar-refractivity contribution in [2.24, 2.45) is 0 Å². The van der Waals surface area contributed by atoms with Crippen LogP contribution in [0.15, 0.2) is 0 Å². The van der Waals surface area contributed by atoms with Crippen molar-refractivity contribution in [1.29, 1.82) is 0 Å². The van der Waals surface area contributed by atoms with Gasteiger partial charge in [-0.2, -0.15) is 0 Å². The molecule has 1 aliphatic heterocycles. The highest BCUT2D eigenvalue weighted by atomic mass is 16.5. The summed E-state index contributed by atoms with van der Waals surface area (Å²) in [6.07, 6.45) is 0.890. The van der Waals surface area contributed by atoms with Gasteiger partial charge >= 0.3 is 6.03 Å². The minimum absolute atomic E-state index is 0.149. The Hall–Kier alpha value is -0.810. The molecule has 2 amide bonds. The Kier molecular flexibility index (Phi) is 4.35. The first-order chi connectivity index (χ1) is 7.03. The van der Waals surface area contributed by atoms with Crippen LogP contribution in [0.5, 0.6) is 0 Å². The van der Waals surface area contributed by atoms with E-state index >= 15 is 0 Å². The molecule has 1 unspecified atom stereocenters. The van der Waals surface area contributed by atoms with E-state index in [1.54, 1.807) is 7.11 Å². The Labute approximate surface area is 90.5 Å². The second kappa shape index (κ2) is 5.32. The summed E-state index contributed by atoms with van der Waals surface area (Å²) in [6, 6.07) is -0.00807. The third-order valence-electron chi connectivity index (χ3n) is 2.49. The molecule has 0 saturated carbocycles. The van der Waals surface area contributed by atoms with Crippen molar-refractivity contribution in [3.05, 3.63) is 0 Å². The van der Waals surface area contributed by atoms with E-state index < -0.39 is 0 Å². The zero-order chi connectivity index (χ0) is 11.3. The molecule has 0 aliphatic carbocycles. The van der Waals surface area contributed by atoms with Gasteiger partial charge in [0.1, 0.15) is 0 Å². The predicted molar refractivity (Wildman–Crippen MR) is 56.8 cm³/mol. The van der Waals surface area contributed by atoms with Crippen LogP contribution in [0.3, 0.4) is 0 Å². The summed E-state index contributed by atoms with van der Waals surface area (Å²) in [4.78, 5) is 11.4. The molecule has 1 saturated heterocycles. The number of nitrogens with one attached hydrogen (secondary N) is 2. The van der Waals surface area contributed by atoms with Crippen molar-refractivity contribution in [1.82, 2.24) is 10.6 Å². The number of carbonyl (C=O) groups excluding carboxylic acids is 1. The second-order valence-corrected chi connectivity index (χ2v) is 4.35. The van der Waals surface area contributed by atoms with Gasteiger partial charge in [0, 0.05) is 20.3 Å². The molecule has 15 heavy (non-hydrogen) atoms. The van der Waals surface area contributed by atoms with Crippen molar-refractivity contribution in [2.45, 2.75) is 31.9 Å². The number of ether oxygens (including phenoxy) is 2. The minimum atomic E-state index is -0.330. The first-order valence-corrected chi connectivity index (χ1v) is 5.21. The molecule has 5 nitrogen and oxygen atoms in total. The van der Waals surface area contributed by atoms with Crippen LogP contribution in [0, 0.1) is 0 Å². The Bertz CT molecular complexity index is 213. The van der Waals surface area contributed by atoms with Gasteiger partial charge < -0.3 is 20.1 Å². The number of urea groups is 1. The first kappa shape index (κ1) is 12.3. The van der Waals surface area contributed by atoms with Crippen LogP contribution in [0.25, 0.3) is 0 Å². The fraction of sp³-hybridized carbons (Fsp3) is 0.900. The number of hydrogen-bond acceptors (Lipinski definition) is 3. The maximum absolute atomic E-state index is 11.4. The van der Waals surface area contributed by atoms with Crippen LogP contribution in [0.4, 0.5) is 4.79 Å². The molecule has 1 fully saturated rings. The molecule has 5 heteroatoms. The van der Waals surface area contributed by atoms with Crippen LogP contribution in [-0.4, -0.2) is 44.5 Å². The standard InChI is InChI=1S/C10H20N2O3/c1-10(2,14-3)7-11-9(13)12-8-4-5-15-6-8/h8H,4-7H2,1-3H3,(H2,11,12,13). The summed E-state index contributed by atoms with van der Waals surface area (Å²) < 4.78 is 10.3. The third-order valence-corrected chi connectivity index (χ3v) is 2.49. The maximum atomic E-state index is 11.4. The lowest BCUT2D eigenvalue weighted by Crippen LogP contribution is -2.47. The lowest BCUT2D eigenvalue weighted by molar-refractivity contribution is 0.0253. The quantitative estimate of drug-likeness (QED) is 0.719. The van der Waals surface area contributed by atoms with E-state index in [0.29, 0.717) is 13.2 Å². The monoisotopic (exact) mass is 216 g/mol. The number of rotatable bonds is 4. The normalized spacial score (nSPS) is 21.4.